The number of hydrogen-bond acceptors (Lipinski definition) is 7. The Balaban J connectivity index is 0. The molecule has 0 fully saturated rings. The van der Waals surface area contributed by atoms with Crippen molar-refractivity contribution in [2.24, 2.45) is 0 Å². The predicted octanol–water partition coefficient (Wildman–Crippen LogP) is 2.02. The van der Waals surface area contributed by atoms with Crippen LogP contribution in [-0.2, 0) is 23.7 Å². The van der Waals surface area contributed by atoms with Crippen LogP contribution in [0.5, 0.6) is 0 Å². The van der Waals surface area contributed by atoms with Crippen LogP contribution >= 0.6 is 0 Å². The summed E-state index contributed by atoms with van der Waals surface area (Å²) in [6.07, 6.45) is 0.0573. The molecule has 0 saturated heterocycles. The van der Waals surface area contributed by atoms with E-state index in [9.17, 15) is 0 Å². The van der Waals surface area contributed by atoms with Gasteiger partial charge in [0.2, 0.25) is 0 Å². The van der Waals surface area contributed by atoms with Gasteiger partial charge in [-0.1, -0.05) is 0 Å². The van der Waals surface area contributed by atoms with Gasteiger partial charge in [-0.2, -0.15) is 0 Å². The van der Waals surface area contributed by atoms with Crippen LogP contribution in [0.4, 0.5) is 0 Å². The second-order valence-electron chi connectivity index (χ2n) is 6.33. The lowest BCUT2D eigenvalue weighted by molar-refractivity contribution is -0.0729. The molecule has 0 heterocycles. The third-order valence-corrected chi connectivity index (χ3v) is 3.26. The molecule has 0 bridgehead atoms. The van der Waals surface area contributed by atoms with Gasteiger partial charge in [-0.25, -0.2) is 0 Å². The molecule has 7 nitrogen and oxygen atoms in total. The molecule has 0 radical (unpaired) electrons. The summed E-state index contributed by atoms with van der Waals surface area (Å²) < 4.78 is 26.6. The molecule has 0 aliphatic heterocycles. The highest BCUT2D eigenvalue weighted by atomic mass is 16.6. The second kappa shape index (κ2) is 19.5. The van der Waals surface area contributed by atoms with Crippen LogP contribution in [0.15, 0.2) is 0 Å². The third-order valence-electron chi connectivity index (χ3n) is 3.26. The molecule has 2 N–H and O–H groups in total. The Labute approximate surface area is 159 Å². The first-order valence-electron chi connectivity index (χ1n) is 9.60. The summed E-state index contributed by atoms with van der Waals surface area (Å²) in [7, 11) is 0. The number of aliphatic hydroxyl groups excluding tert-OH is 2. The maximum Gasteiger partial charge on any atom is 0.0781 e. The summed E-state index contributed by atoms with van der Waals surface area (Å²) in [4.78, 5) is 0. The molecule has 0 aliphatic rings. The Bertz CT molecular complexity index is 279. The Hall–Kier alpha value is -0.280. The highest BCUT2D eigenvalue weighted by Crippen LogP contribution is 1.99. The molecule has 0 spiro atoms. The molecular formula is C19H42O7. The molecule has 0 rings (SSSR count). The van der Waals surface area contributed by atoms with Crippen molar-refractivity contribution in [3.8, 4) is 0 Å². The van der Waals surface area contributed by atoms with E-state index in [1.54, 1.807) is 0 Å². The molecule has 0 saturated carbocycles. The van der Waals surface area contributed by atoms with E-state index in [0.29, 0.717) is 33.0 Å². The topological polar surface area (TPSA) is 86.6 Å². The lowest BCUT2D eigenvalue weighted by Crippen LogP contribution is -2.26. The zero-order chi connectivity index (χ0) is 20.4. The van der Waals surface area contributed by atoms with Gasteiger partial charge in [0.1, 0.15) is 0 Å². The number of rotatable bonds is 15. The second-order valence-corrected chi connectivity index (χ2v) is 6.33. The van der Waals surface area contributed by atoms with E-state index in [2.05, 4.69) is 0 Å². The molecule has 0 aromatic carbocycles. The lowest BCUT2D eigenvalue weighted by atomic mass is 10.4. The summed E-state index contributed by atoms with van der Waals surface area (Å²) in [6, 6.07) is 0. The average Bonchev–Trinajstić information content (AvgIpc) is 2.63. The number of hydrogen-bond donors (Lipinski definition) is 2. The minimum atomic E-state index is -0.125. The monoisotopic (exact) mass is 382 g/mol. The molecule has 5 unspecified atom stereocenters. The molecule has 0 aromatic heterocycles. The molecule has 0 amide bonds. The molecule has 26 heavy (non-hydrogen) atoms. The van der Waals surface area contributed by atoms with E-state index in [4.69, 9.17) is 33.9 Å². The van der Waals surface area contributed by atoms with Gasteiger partial charge in [0.25, 0.3) is 0 Å². The highest BCUT2D eigenvalue weighted by molar-refractivity contribution is 4.54. The van der Waals surface area contributed by atoms with Crippen LogP contribution in [0.1, 0.15) is 48.5 Å². The van der Waals surface area contributed by atoms with Crippen LogP contribution in [0.25, 0.3) is 0 Å². The molecule has 0 aliphatic carbocycles. The fourth-order valence-corrected chi connectivity index (χ4v) is 1.72. The van der Waals surface area contributed by atoms with E-state index >= 15 is 0 Å². The minimum Gasteiger partial charge on any atom is -0.394 e. The smallest absolute Gasteiger partial charge is 0.0781 e. The van der Waals surface area contributed by atoms with Crippen molar-refractivity contribution in [1.82, 2.24) is 0 Å². The van der Waals surface area contributed by atoms with Crippen molar-refractivity contribution >= 4 is 0 Å². The summed E-state index contributed by atoms with van der Waals surface area (Å²) in [5.41, 5.74) is 0. The van der Waals surface area contributed by atoms with Gasteiger partial charge in [0.15, 0.2) is 0 Å². The van der Waals surface area contributed by atoms with E-state index in [1.165, 1.54) is 0 Å². The van der Waals surface area contributed by atoms with E-state index in [-0.39, 0.29) is 43.7 Å². The Kier molecular flexibility index (Phi) is 20.9. The largest absolute Gasteiger partial charge is 0.394 e. The lowest BCUT2D eigenvalue weighted by Gasteiger charge is -2.18. The van der Waals surface area contributed by atoms with Crippen molar-refractivity contribution in [3.05, 3.63) is 0 Å². The van der Waals surface area contributed by atoms with Gasteiger partial charge in [-0.15, -0.1) is 0 Å². The molecule has 5 atom stereocenters. The Morgan fingerprint density at radius 1 is 0.500 bits per heavy atom. The van der Waals surface area contributed by atoms with Crippen LogP contribution in [-0.4, -0.2) is 87.0 Å². The SMILES string of the molecule is CCOC(C)COC(C)CO.CCOC(C)COC(C)COC(C)CO. The number of ether oxygens (including phenoxy) is 5. The summed E-state index contributed by atoms with van der Waals surface area (Å²) in [6.45, 7) is 16.6. The first-order chi connectivity index (χ1) is 12.3. The van der Waals surface area contributed by atoms with Crippen LogP contribution in [0.3, 0.4) is 0 Å². The molecule has 0 aromatic rings. The quantitative estimate of drug-likeness (QED) is 0.448. The third kappa shape index (κ3) is 20.0. The van der Waals surface area contributed by atoms with E-state index in [0.717, 1.165) is 0 Å². The summed E-state index contributed by atoms with van der Waals surface area (Å²) in [5.74, 6) is 0. The first kappa shape index (κ1) is 27.9. The van der Waals surface area contributed by atoms with Crippen molar-refractivity contribution in [3.63, 3.8) is 0 Å². The van der Waals surface area contributed by atoms with Crippen molar-refractivity contribution in [1.29, 1.82) is 0 Å². The van der Waals surface area contributed by atoms with Gasteiger partial charge in [-0.05, 0) is 48.5 Å². The van der Waals surface area contributed by atoms with Crippen LogP contribution < -0.4 is 0 Å². The average molecular weight is 383 g/mol. The summed E-state index contributed by atoms with van der Waals surface area (Å²) in [5, 5.41) is 17.4. The van der Waals surface area contributed by atoms with Gasteiger partial charge < -0.3 is 33.9 Å². The van der Waals surface area contributed by atoms with Crippen LogP contribution in [0.2, 0.25) is 0 Å². The fraction of sp³-hybridized carbons (Fsp3) is 1.00. The zero-order valence-electron chi connectivity index (χ0n) is 17.8. The van der Waals surface area contributed by atoms with Gasteiger partial charge >= 0.3 is 0 Å². The molecule has 7 heteroatoms. The maximum atomic E-state index is 8.75. The van der Waals surface area contributed by atoms with E-state index in [1.807, 2.05) is 48.5 Å². The molecular weight excluding hydrogens is 340 g/mol. The minimum absolute atomic E-state index is 0.0295. The number of aliphatic hydroxyl groups is 2. The Morgan fingerprint density at radius 3 is 1.04 bits per heavy atom. The van der Waals surface area contributed by atoms with Gasteiger partial charge in [0.05, 0.1) is 63.6 Å². The van der Waals surface area contributed by atoms with Gasteiger partial charge in [-0.3, -0.25) is 0 Å². The highest BCUT2D eigenvalue weighted by Gasteiger charge is 2.08. The normalized spacial score (nSPS) is 17.0. The van der Waals surface area contributed by atoms with E-state index < -0.39 is 0 Å². The van der Waals surface area contributed by atoms with Crippen LogP contribution in [0, 0.1) is 0 Å². The van der Waals surface area contributed by atoms with Crippen molar-refractivity contribution in [2.45, 2.75) is 79.0 Å². The molecule has 160 valence electrons. The van der Waals surface area contributed by atoms with Crippen molar-refractivity contribution < 1.29 is 33.9 Å². The van der Waals surface area contributed by atoms with Crippen molar-refractivity contribution in [2.75, 3.05) is 46.2 Å². The standard InChI is InChI=1S/C11H24O4.C8H18O3/c1-5-13-10(3)7-15-11(4)8-14-9(2)6-12;1-4-10-8(3)6-11-7(2)5-9/h9-12H,5-8H2,1-4H3;7-9H,4-6H2,1-3H3. The maximum absolute atomic E-state index is 8.75. The predicted molar refractivity (Wildman–Crippen MR) is 103 cm³/mol. The zero-order valence-corrected chi connectivity index (χ0v) is 17.8. The summed E-state index contributed by atoms with van der Waals surface area (Å²) >= 11 is 0. The Morgan fingerprint density at radius 2 is 0.769 bits per heavy atom. The fourth-order valence-electron chi connectivity index (χ4n) is 1.72. The van der Waals surface area contributed by atoms with Gasteiger partial charge in [0, 0.05) is 13.2 Å². The first-order valence-corrected chi connectivity index (χ1v) is 9.60.